The van der Waals surface area contributed by atoms with Crippen LogP contribution >= 0.6 is 0 Å². The van der Waals surface area contributed by atoms with Crippen molar-refractivity contribution in [2.45, 2.75) is 52.6 Å². The van der Waals surface area contributed by atoms with Crippen molar-refractivity contribution in [1.29, 1.82) is 0 Å². The summed E-state index contributed by atoms with van der Waals surface area (Å²) in [5.74, 6) is 0.101. The molecule has 0 radical (unpaired) electrons. The normalized spacial score (nSPS) is 19.4. The van der Waals surface area contributed by atoms with E-state index in [1.54, 1.807) is 9.80 Å². The van der Waals surface area contributed by atoms with E-state index < -0.39 is 0 Å². The molecule has 1 heterocycles. The molecule has 0 aliphatic carbocycles. The fourth-order valence-corrected chi connectivity index (χ4v) is 1.73. The molecule has 0 spiro atoms. The Morgan fingerprint density at radius 3 is 1.38 bits per heavy atom. The minimum atomic E-state index is -0.309. The fraction of sp³-hybridized carbons (Fsp3) is 0.833. The first-order valence-electron chi connectivity index (χ1n) is 5.64. The first-order valence-corrected chi connectivity index (χ1v) is 5.64. The molecule has 1 aliphatic rings. The van der Waals surface area contributed by atoms with Gasteiger partial charge in [-0.05, 0) is 41.5 Å². The third-order valence-electron chi connectivity index (χ3n) is 2.75. The molecule has 0 bridgehead atoms. The number of hydrogen-bond acceptors (Lipinski definition) is 2. The molecule has 4 heteroatoms. The van der Waals surface area contributed by atoms with Crippen molar-refractivity contribution in [3.8, 4) is 0 Å². The van der Waals surface area contributed by atoms with Crippen LogP contribution in [0.25, 0.3) is 0 Å². The zero-order valence-corrected chi connectivity index (χ0v) is 11.1. The molecule has 0 aromatic carbocycles. The largest absolute Gasteiger partial charge is 0.321 e. The highest BCUT2D eigenvalue weighted by molar-refractivity contribution is 5.93. The lowest BCUT2D eigenvalue weighted by atomic mass is 10.0. The highest BCUT2D eigenvalue weighted by atomic mass is 16.2. The van der Waals surface area contributed by atoms with Crippen molar-refractivity contribution in [3.63, 3.8) is 0 Å². The summed E-state index contributed by atoms with van der Waals surface area (Å²) in [6, 6.07) is -0.0420. The Bertz CT molecular complexity index is 282. The van der Waals surface area contributed by atoms with Crippen LogP contribution in [0.15, 0.2) is 0 Å². The van der Waals surface area contributed by atoms with E-state index in [1.165, 1.54) is 0 Å². The summed E-state index contributed by atoms with van der Waals surface area (Å²) in [7, 11) is 0. The lowest BCUT2D eigenvalue weighted by Gasteiger charge is -2.46. The van der Waals surface area contributed by atoms with E-state index in [4.69, 9.17) is 0 Å². The third-order valence-corrected chi connectivity index (χ3v) is 2.75. The van der Waals surface area contributed by atoms with E-state index in [-0.39, 0.29) is 36.0 Å². The van der Waals surface area contributed by atoms with Crippen LogP contribution in [0, 0.1) is 0 Å². The van der Waals surface area contributed by atoms with Crippen molar-refractivity contribution in [2.24, 2.45) is 0 Å². The molecule has 0 unspecified atom stereocenters. The van der Waals surface area contributed by atoms with Gasteiger partial charge in [-0.3, -0.25) is 4.79 Å². The van der Waals surface area contributed by atoms with E-state index >= 15 is 0 Å². The van der Waals surface area contributed by atoms with Crippen LogP contribution in [0.3, 0.4) is 0 Å². The van der Waals surface area contributed by atoms with E-state index in [0.717, 1.165) is 0 Å². The minimum Gasteiger partial charge on any atom is -0.312 e. The first-order chi connectivity index (χ1) is 7.03. The highest BCUT2D eigenvalue weighted by Gasteiger charge is 2.40. The van der Waals surface area contributed by atoms with Crippen LogP contribution in [0.4, 0.5) is 4.79 Å². The molecule has 0 saturated carbocycles. The summed E-state index contributed by atoms with van der Waals surface area (Å²) < 4.78 is 0. The van der Waals surface area contributed by atoms with E-state index in [0.29, 0.717) is 0 Å². The molecule has 0 aromatic rings. The SMILES string of the molecule is CC(C)(C)N1CC(=O)CN(C(C)(C)C)C1=O. The number of rotatable bonds is 0. The van der Waals surface area contributed by atoms with Gasteiger partial charge in [0, 0.05) is 11.1 Å². The summed E-state index contributed by atoms with van der Waals surface area (Å²) in [5.41, 5.74) is -0.618. The van der Waals surface area contributed by atoms with Crippen molar-refractivity contribution < 1.29 is 9.59 Å². The van der Waals surface area contributed by atoms with Crippen LogP contribution in [0.2, 0.25) is 0 Å². The molecule has 16 heavy (non-hydrogen) atoms. The summed E-state index contributed by atoms with van der Waals surface area (Å²) in [4.78, 5) is 27.2. The molecule has 0 atom stereocenters. The zero-order valence-electron chi connectivity index (χ0n) is 11.1. The molecule has 1 saturated heterocycles. The Kier molecular flexibility index (Phi) is 3.05. The average Bonchev–Trinajstić information content (AvgIpc) is 2.04. The standard InChI is InChI=1S/C12H22N2O2/c1-11(2,3)13-7-9(15)8-14(10(13)16)12(4,5)6/h7-8H2,1-6H3. The molecule has 1 aliphatic heterocycles. The van der Waals surface area contributed by atoms with Gasteiger partial charge in [-0.1, -0.05) is 0 Å². The first kappa shape index (κ1) is 13.0. The van der Waals surface area contributed by atoms with Crippen LogP contribution in [-0.4, -0.2) is 45.8 Å². The van der Waals surface area contributed by atoms with Crippen molar-refractivity contribution in [2.75, 3.05) is 13.1 Å². The second-order valence-corrected chi connectivity index (χ2v) is 6.34. The van der Waals surface area contributed by atoms with Gasteiger partial charge in [0.25, 0.3) is 0 Å². The summed E-state index contributed by atoms with van der Waals surface area (Å²) >= 11 is 0. The van der Waals surface area contributed by atoms with Gasteiger partial charge in [0.05, 0.1) is 13.1 Å². The molecular weight excluding hydrogens is 204 g/mol. The van der Waals surface area contributed by atoms with Gasteiger partial charge in [-0.25, -0.2) is 4.79 Å². The van der Waals surface area contributed by atoms with Gasteiger partial charge in [0.15, 0.2) is 5.78 Å². The monoisotopic (exact) mass is 226 g/mol. The van der Waals surface area contributed by atoms with Crippen LogP contribution in [0.5, 0.6) is 0 Å². The Hall–Kier alpha value is -1.06. The van der Waals surface area contributed by atoms with Gasteiger partial charge in [0.2, 0.25) is 0 Å². The number of ketones is 1. The number of nitrogens with zero attached hydrogens (tertiary/aromatic N) is 2. The predicted molar refractivity (Wildman–Crippen MR) is 63.3 cm³/mol. The number of amides is 2. The minimum absolute atomic E-state index is 0.0420. The van der Waals surface area contributed by atoms with E-state index in [1.807, 2.05) is 41.5 Å². The topological polar surface area (TPSA) is 40.6 Å². The van der Waals surface area contributed by atoms with Crippen LogP contribution in [-0.2, 0) is 4.79 Å². The molecular formula is C12H22N2O2. The smallest absolute Gasteiger partial charge is 0.312 e. The number of urea groups is 1. The van der Waals surface area contributed by atoms with Gasteiger partial charge in [-0.2, -0.15) is 0 Å². The Balaban J connectivity index is 3.00. The lowest BCUT2D eigenvalue weighted by molar-refractivity contribution is -0.125. The number of hydrogen-bond donors (Lipinski definition) is 0. The number of carbonyl (C=O) groups excluding carboxylic acids is 2. The molecule has 2 amide bonds. The molecule has 0 aromatic heterocycles. The maximum atomic E-state index is 12.3. The quantitative estimate of drug-likeness (QED) is 0.633. The average molecular weight is 226 g/mol. The lowest BCUT2D eigenvalue weighted by Crippen LogP contribution is -2.63. The van der Waals surface area contributed by atoms with Crippen molar-refractivity contribution >= 4 is 11.8 Å². The second-order valence-electron chi connectivity index (χ2n) is 6.34. The predicted octanol–water partition coefficient (Wildman–Crippen LogP) is 1.89. The van der Waals surface area contributed by atoms with Crippen molar-refractivity contribution in [1.82, 2.24) is 9.80 Å². The van der Waals surface area contributed by atoms with Crippen molar-refractivity contribution in [3.05, 3.63) is 0 Å². The molecule has 0 N–H and O–H groups in total. The van der Waals surface area contributed by atoms with Gasteiger partial charge in [0.1, 0.15) is 0 Å². The number of Topliss-reactive ketones (excluding diaryl/α,β-unsaturated/α-hetero) is 1. The molecule has 1 rings (SSSR count). The summed E-state index contributed by atoms with van der Waals surface area (Å²) in [5, 5.41) is 0. The third kappa shape index (κ3) is 2.54. The Morgan fingerprint density at radius 1 is 0.812 bits per heavy atom. The van der Waals surface area contributed by atoms with Gasteiger partial charge < -0.3 is 9.80 Å². The highest BCUT2D eigenvalue weighted by Crippen LogP contribution is 2.24. The fourth-order valence-electron chi connectivity index (χ4n) is 1.73. The van der Waals surface area contributed by atoms with Gasteiger partial charge >= 0.3 is 6.03 Å². The maximum absolute atomic E-state index is 12.3. The second kappa shape index (κ2) is 3.75. The number of carbonyl (C=O) groups is 2. The van der Waals surface area contributed by atoms with E-state index in [9.17, 15) is 9.59 Å². The Morgan fingerprint density at radius 2 is 1.12 bits per heavy atom. The van der Waals surface area contributed by atoms with Crippen LogP contribution in [0.1, 0.15) is 41.5 Å². The summed E-state index contributed by atoms with van der Waals surface area (Å²) in [6.45, 7) is 12.2. The zero-order chi connectivity index (χ0) is 12.7. The van der Waals surface area contributed by atoms with Gasteiger partial charge in [-0.15, -0.1) is 0 Å². The summed E-state index contributed by atoms with van der Waals surface area (Å²) in [6.07, 6.45) is 0. The molecule has 1 fully saturated rings. The van der Waals surface area contributed by atoms with Crippen LogP contribution < -0.4 is 0 Å². The van der Waals surface area contributed by atoms with E-state index in [2.05, 4.69) is 0 Å². The maximum Gasteiger partial charge on any atom is 0.321 e. The molecule has 4 nitrogen and oxygen atoms in total. The Labute approximate surface area is 97.6 Å². The molecule has 92 valence electrons.